The number of nitrogens with one attached hydrogen (secondary N) is 1. The van der Waals surface area contributed by atoms with E-state index in [1.54, 1.807) is 31.2 Å². The number of nitrogens with zero attached hydrogens (tertiary/aromatic N) is 2. The van der Waals surface area contributed by atoms with Crippen LogP contribution in [0.25, 0.3) is 0 Å². The normalized spacial score (nSPS) is 13.1. The smallest absolute Gasteiger partial charge is 0.299 e. The van der Waals surface area contributed by atoms with Crippen LogP contribution in [0, 0.1) is 3.57 Å². The van der Waals surface area contributed by atoms with E-state index in [1.165, 1.54) is 15.9 Å². The van der Waals surface area contributed by atoms with Crippen molar-refractivity contribution in [2.24, 2.45) is 0 Å². The zero-order valence-electron chi connectivity index (χ0n) is 21.7. The molecule has 4 aromatic carbocycles. The van der Waals surface area contributed by atoms with Gasteiger partial charge in [-0.25, -0.2) is 0 Å². The van der Waals surface area contributed by atoms with Crippen molar-refractivity contribution in [1.82, 2.24) is 5.32 Å². The fourth-order valence-electron chi connectivity index (χ4n) is 4.69. The van der Waals surface area contributed by atoms with E-state index in [2.05, 4.69) is 27.9 Å². The highest BCUT2D eigenvalue weighted by molar-refractivity contribution is 14.1. The third-order valence-electron chi connectivity index (χ3n) is 6.82. The summed E-state index contributed by atoms with van der Waals surface area (Å²) in [6.45, 7) is 2.21. The Balaban J connectivity index is 1.49. The lowest BCUT2D eigenvalue weighted by Gasteiger charge is -2.29. The van der Waals surface area contributed by atoms with Crippen LogP contribution in [0.4, 0.5) is 11.4 Å². The predicted molar refractivity (Wildman–Crippen MR) is 162 cm³/mol. The molecule has 0 radical (unpaired) electrons. The number of anilines is 2. The zero-order chi connectivity index (χ0) is 28.2. The van der Waals surface area contributed by atoms with Crippen LogP contribution in [0.2, 0.25) is 0 Å². The highest BCUT2D eigenvalue weighted by atomic mass is 127. The first-order chi connectivity index (χ1) is 19.3. The van der Waals surface area contributed by atoms with Crippen molar-refractivity contribution in [3.8, 4) is 0 Å². The topological polar surface area (TPSA) is 86.8 Å². The number of ketones is 1. The first-order valence-corrected chi connectivity index (χ1v) is 13.9. The highest BCUT2D eigenvalue weighted by Gasteiger charge is 2.37. The van der Waals surface area contributed by atoms with E-state index in [1.807, 2.05) is 72.8 Å². The molecule has 7 nitrogen and oxygen atoms in total. The van der Waals surface area contributed by atoms with Crippen LogP contribution < -0.4 is 15.1 Å². The SMILES string of the molecule is CC(C(=O)NCc1ccccc1)N(C(=O)c1ccccc1I)c1ccc2c(c1)C(=O)C(=O)N2Cc1ccccc1. The summed E-state index contributed by atoms with van der Waals surface area (Å²) in [4.78, 5) is 56.1. The summed E-state index contributed by atoms with van der Waals surface area (Å²) < 4.78 is 0.730. The van der Waals surface area contributed by atoms with Crippen LogP contribution in [0.15, 0.2) is 103 Å². The van der Waals surface area contributed by atoms with Gasteiger partial charge >= 0.3 is 0 Å². The predicted octanol–water partition coefficient (Wildman–Crippen LogP) is 5.37. The molecule has 1 unspecified atom stereocenters. The molecule has 4 aromatic rings. The van der Waals surface area contributed by atoms with Gasteiger partial charge in [0, 0.05) is 15.8 Å². The van der Waals surface area contributed by atoms with Crippen molar-refractivity contribution in [2.75, 3.05) is 9.80 Å². The molecule has 3 amide bonds. The molecule has 1 aliphatic rings. The standard InChI is InChI=1S/C32H26IN3O4/c1-21(30(38)34-19-22-10-4-2-5-11-22)36(31(39)25-14-8-9-15-27(25)33)24-16-17-28-26(18-24)29(37)32(40)35(28)20-23-12-6-3-7-13-23/h2-18,21H,19-20H2,1H3,(H,34,38). The summed E-state index contributed by atoms with van der Waals surface area (Å²) in [6, 6.07) is 30.0. The number of halogens is 1. The second-order valence-electron chi connectivity index (χ2n) is 9.44. The molecule has 0 fully saturated rings. The highest BCUT2D eigenvalue weighted by Crippen LogP contribution is 2.35. The number of fused-ring (bicyclic) bond motifs is 1. The fraction of sp³-hybridized carbons (Fsp3) is 0.125. The van der Waals surface area contributed by atoms with Crippen molar-refractivity contribution in [3.63, 3.8) is 0 Å². The largest absolute Gasteiger partial charge is 0.350 e. The summed E-state index contributed by atoms with van der Waals surface area (Å²) >= 11 is 2.09. The van der Waals surface area contributed by atoms with Gasteiger partial charge in [0.2, 0.25) is 5.91 Å². The molecule has 1 N–H and O–H groups in total. The number of carbonyl (C=O) groups is 4. The monoisotopic (exact) mass is 643 g/mol. The minimum absolute atomic E-state index is 0.205. The van der Waals surface area contributed by atoms with E-state index in [9.17, 15) is 19.2 Å². The Bertz CT molecular complexity index is 1590. The van der Waals surface area contributed by atoms with Gasteiger partial charge in [0.05, 0.1) is 23.4 Å². The molecule has 200 valence electrons. The molecular formula is C32H26IN3O4. The third-order valence-corrected chi connectivity index (χ3v) is 7.76. The average Bonchev–Trinajstić information content (AvgIpc) is 3.21. The minimum atomic E-state index is -0.905. The molecule has 0 saturated heterocycles. The lowest BCUT2D eigenvalue weighted by Crippen LogP contribution is -2.48. The Morgan fingerprint density at radius 1 is 0.850 bits per heavy atom. The average molecular weight is 643 g/mol. The molecule has 0 spiro atoms. The molecule has 0 bridgehead atoms. The van der Waals surface area contributed by atoms with Gasteiger partial charge in [-0.05, 0) is 71.0 Å². The van der Waals surface area contributed by atoms with Gasteiger partial charge < -0.3 is 10.2 Å². The lowest BCUT2D eigenvalue weighted by atomic mass is 10.1. The van der Waals surface area contributed by atoms with Crippen molar-refractivity contribution in [3.05, 3.63) is 129 Å². The van der Waals surface area contributed by atoms with Gasteiger partial charge in [-0.3, -0.25) is 24.1 Å². The molecule has 40 heavy (non-hydrogen) atoms. The third kappa shape index (κ3) is 5.53. The Morgan fingerprint density at radius 2 is 1.48 bits per heavy atom. The fourth-order valence-corrected chi connectivity index (χ4v) is 5.31. The molecule has 0 aromatic heterocycles. The second-order valence-corrected chi connectivity index (χ2v) is 10.6. The van der Waals surface area contributed by atoms with Gasteiger partial charge in [-0.1, -0.05) is 72.8 Å². The van der Waals surface area contributed by atoms with Crippen LogP contribution in [0.3, 0.4) is 0 Å². The van der Waals surface area contributed by atoms with E-state index in [0.29, 0.717) is 23.5 Å². The Labute approximate surface area is 245 Å². The van der Waals surface area contributed by atoms with Crippen LogP contribution in [-0.4, -0.2) is 29.5 Å². The van der Waals surface area contributed by atoms with Gasteiger partial charge in [-0.2, -0.15) is 0 Å². The van der Waals surface area contributed by atoms with Crippen molar-refractivity contribution in [1.29, 1.82) is 0 Å². The van der Waals surface area contributed by atoms with Gasteiger partial charge in [0.1, 0.15) is 6.04 Å². The number of carbonyl (C=O) groups excluding carboxylic acids is 4. The van der Waals surface area contributed by atoms with E-state index in [4.69, 9.17) is 0 Å². The summed E-state index contributed by atoms with van der Waals surface area (Å²) in [5.41, 5.74) is 3.28. The van der Waals surface area contributed by atoms with E-state index >= 15 is 0 Å². The first kappa shape index (κ1) is 27.3. The van der Waals surface area contributed by atoms with Gasteiger partial charge in [0.25, 0.3) is 17.6 Å². The molecule has 5 rings (SSSR count). The molecule has 1 atom stereocenters. The number of rotatable bonds is 8. The first-order valence-electron chi connectivity index (χ1n) is 12.8. The van der Waals surface area contributed by atoms with E-state index in [0.717, 1.165) is 14.7 Å². The van der Waals surface area contributed by atoms with Crippen molar-refractivity contribution < 1.29 is 19.2 Å². The molecule has 1 heterocycles. The molecule has 1 aliphatic heterocycles. The summed E-state index contributed by atoms with van der Waals surface area (Å²) in [6.07, 6.45) is 0. The zero-order valence-corrected chi connectivity index (χ0v) is 23.9. The summed E-state index contributed by atoms with van der Waals surface area (Å²) in [5.74, 6) is -2.00. The quantitative estimate of drug-likeness (QED) is 0.207. The van der Waals surface area contributed by atoms with Gasteiger partial charge in [-0.15, -0.1) is 0 Å². The number of hydrogen-bond acceptors (Lipinski definition) is 4. The number of amides is 3. The minimum Gasteiger partial charge on any atom is -0.350 e. The Kier molecular flexibility index (Phi) is 8.06. The Hall–Kier alpha value is -4.31. The van der Waals surface area contributed by atoms with Crippen LogP contribution in [0.1, 0.15) is 38.8 Å². The van der Waals surface area contributed by atoms with Crippen LogP contribution >= 0.6 is 22.6 Å². The van der Waals surface area contributed by atoms with Gasteiger partial charge in [0.15, 0.2) is 0 Å². The molecule has 0 saturated carbocycles. The Morgan fingerprint density at radius 3 is 2.15 bits per heavy atom. The second kappa shape index (κ2) is 11.8. The summed E-state index contributed by atoms with van der Waals surface area (Å²) in [7, 11) is 0. The maximum atomic E-state index is 13.9. The number of hydrogen-bond donors (Lipinski definition) is 1. The van der Waals surface area contributed by atoms with Crippen molar-refractivity contribution >= 4 is 57.5 Å². The number of Topliss-reactive ketones (excluding diaryl/α,β-unsaturated/α-hetero) is 1. The van der Waals surface area contributed by atoms with Crippen LogP contribution in [-0.2, 0) is 22.7 Å². The van der Waals surface area contributed by atoms with Crippen LogP contribution in [0.5, 0.6) is 0 Å². The molecular weight excluding hydrogens is 617 g/mol. The maximum Gasteiger partial charge on any atom is 0.299 e. The maximum absolute atomic E-state index is 13.9. The molecule has 0 aliphatic carbocycles. The van der Waals surface area contributed by atoms with Crippen molar-refractivity contribution in [2.45, 2.75) is 26.1 Å². The molecule has 8 heteroatoms. The lowest BCUT2D eigenvalue weighted by molar-refractivity contribution is -0.122. The number of benzene rings is 4. The van der Waals surface area contributed by atoms with E-state index in [-0.39, 0.29) is 23.9 Å². The van der Waals surface area contributed by atoms with E-state index < -0.39 is 17.7 Å². The summed E-state index contributed by atoms with van der Waals surface area (Å²) in [5, 5.41) is 2.91.